The zero-order chi connectivity index (χ0) is 12.1. The molecule has 90 valence electrons. The van der Waals surface area contributed by atoms with E-state index in [1.165, 1.54) is 10.4 Å². The molecule has 2 nitrogen and oxygen atoms in total. The molecule has 2 aromatic rings. The Hall–Kier alpha value is -1.16. The molecule has 1 aromatic heterocycles. The molecule has 1 heterocycles. The standard InChI is InChI=1S/C14H17NOS/c1-11-7-8-17-14(11)9-15-13(10-16)12-5-3-2-4-6-12/h2-8,13,15-16H,9-10H2,1H3. The molecule has 17 heavy (non-hydrogen) atoms. The van der Waals surface area contributed by atoms with Crippen LogP contribution in [0.4, 0.5) is 0 Å². The number of benzene rings is 1. The van der Waals surface area contributed by atoms with Gasteiger partial charge in [-0.1, -0.05) is 30.3 Å². The lowest BCUT2D eigenvalue weighted by Gasteiger charge is -2.16. The van der Waals surface area contributed by atoms with Crippen molar-refractivity contribution < 1.29 is 5.11 Å². The molecule has 0 fully saturated rings. The van der Waals surface area contributed by atoms with Gasteiger partial charge in [0.05, 0.1) is 12.6 Å². The first-order valence-corrected chi connectivity index (χ1v) is 6.61. The van der Waals surface area contributed by atoms with E-state index in [4.69, 9.17) is 0 Å². The second kappa shape index (κ2) is 5.96. The first-order valence-electron chi connectivity index (χ1n) is 5.73. The molecule has 1 unspecified atom stereocenters. The third kappa shape index (κ3) is 3.16. The van der Waals surface area contributed by atoms with E-state index >= 15 is 0 Å². The SMILES string of the molecule is Cc1ccsc1CNC(CO)c1ccccc1. The van der Waals surface area contributed by atoms with Crippen molar-refractivity contribution in [3.63, 3.8) is 0 Å². The molecule has 0 aliphatic rings. The second-order valence-corrected chi connectivity index (χ2v) is 5.05. The number of nitrogens with one attached hydrogen (secondary N) is 1. The molecule has 0 radical (unpaired) electrons. The number of thiophene rings is 1. The molecule has 0 saturated heterocycles. The highest BCUT2D eigenvalue weighted by Crippen LogP contribution is 2.18. The van der Waals surface area contributed by atoms with Crippen LogP contribution in [-0.4, -0.2) is 11.7 Å². The Labute approximate surface area is 106 Å². The summed E-state index contributed by atoms with van der Waals surface area (Å²) in [7, 11) is 0. The summed E-state index contributed by atoms with van der Waals surface area (Å²) in [6, 6.07) is 12.2. The first kappa shape index (κ1) is 12.3. The van der Waals surface area contributed by atoms with Crippen LogP contribution in [0, 0.1) is 6.92 Å². The fraction of sp³-hybridized carbons (Fsp3) is 0.286. The number of rotatable bonds is 5. The van der Waals surface area contributed by atoms with Gasteiger partial charge in [0.1, 0.15) is 0 Å². The van der Waals surface area contributed by atoms with Gasteiger partial charge < -0.3 is 10.4 Å². The Balaban J connectivity index is 1.99. The van der Waals surface area contributed by atoms with Crippen molar-refractivity contribution in [2.24, 2.45) is 0 Å². The third-order valence-corrected chi connectivity index (χ3v) is 3.88. The molecule has 0 bridgehead atoms. The summed E-state index contributed by atoms with van der Waals surface area (Å²) >= 11 is 1.75. The van der Waals surface area contributed by atoms with Crippen LogP contribution in [0.3, 0.4) is 0 Å². The molecule has 0 aliphatic carbocycles. The largest absolute Gasteiger partial charge is 0.394 e. The molecule has 1 atom stereocenters. The number of aliphatic hydroxyl groups excluding tert-OH is 1. The quantitative estimate of drug-likeness (QED) is 0.851. The molecular weight excluding hydrogens is 230 g/mol. The fourth-order valence-electron chi connectivity index (χ4n) is 1.77. The number of hydrogen-bond acceptors (Lipinski definition) is 3. The lowest BCUT2D eigenvalue weighted by atomic mass is 10.1. The summed E-state index contributed by atoms with van der Waals surface area (Å²) in [5, 5.41) is 14.9. The highest BCUT2D eigenvalue weighted by Gasteiger charge is 2.09. The van der Waals surface area contributed by atoms with Crippen LogP contribution in [-0.2, 0) is 6.54 Å². The highest BCUT2D eigenvalue weighted by atomic mass is 32.1. The Bertz CT molecular complexity index is 452. The van der Waals surface area contributed by atoms with Crippen LogP contribution < -0.4 is 5.32 Å². The first-order chi connectivity index (χ1) is 8.31. The van der Waals surface area contributed by atoms with E-state index in [0.29, 0.717) is 0 Å². The Morgan fingerprint density at radius 2 is 2.00 bits per heavy atom. The lowest BCUT2D eigenvalue weighted by molar-refractivity contribution is 0.244. The normalized spacial score (nSPS) is 12.6. The van der Waals surface area contributed by atoms with Crippen molar-refractivity contribution in [3.05, 3.63) is 57.8 Å². The number of aliphatic hydroxyl groups is 1. The van der Waals surface area contributed by atoms with Crippen LogP contribution >= 0.6 is 11.3 Å². The van der Waals surface area contributed by atoms with E-state index in [2.05, 4.69) is 23.7 Å². The van der Waals surface area contributed by atoms with Crippen LogP contribution in [0.2, 0.25) is 0 Å². The molecule has 2 rings (SSSR count). The van der Waals surface area contributed by atoms with Crippen molar-refractivity contribution in [2.75, 3.05) is 6.61 Å². The van der Waals surface area contributed by atoms with Gasteiger partial charge >= 0.3 is 0 Å². The van der Waals surface area contributed by atoms with Crippen molar-refractivity contribution >= 4 is 11.3 Å². The van der Waals surface area contributed by atoms with Gasteiger partial charge in [-0.15, -0.1) is 11.3 Å². The minimum Gasteiger partial charge on any atom is -0.394 e. The summed E-state index contributed by atoms with van der Waals surface area (Å²) in [4.78, 5) is 1.33. The molecule has 0 saturated carbocycles. The van der Waals surface area contributed by atoms with E-state index in [0.717, 1.165) is 12.1 Å². The molecule has 0 spiro atoms. The summed E-state index contributed by atoms with van der Waals surface area (Å²) in [5.41, 5.74) is 2.44. The predicted octanol–water partition coefficient (Wildman–Crippen LogP) is 2.88. The Kier molecular flexibility index (Phi) is 4.31. The van der Waals surface area contributed by atoms with Crippen LogP contribution in [0.1, 0.15) is 22.0 Å². The van der Waals surface area contributed by atoms with Gasteiger partial charge in [-0.2, -0.15) is 0 Å². The number of aryl methyl sites for hydroxylation is 1. The van der Waals surface area contributed by atoms with E-state index in [1.54, 1.807) is 11.3 Å². The minimum absolute atomic E-state index is 0.0118. The van der Waals surface area contributed by atoms with Gasteiger partial charge in [0, 0.05) is 11.4 Å². The van der Waals surface area contributed by atoms with Gasteiger partial charge in [0.2, 0.25) is 0 Å². The maximum Gasteiger partial charge on any atom is 0.0626 e. The summed E-state index contributed by atoms with van der Waals surface area (Å²) in [6.45, 7) is 3.04. The van der Waals surface area contributed by atoms with Crippen molar-refractivity contribution in [1.29, 1.82) is 0 Å². The molecule has 2 N–H and O–H groups in total. The maximum atomic E-state index is 9.42. The Morgan fingerprint density at radius 1 is 1.24 bits per heavy atom. The van der Waals surface area contributed by atoms with Crippen LogP contribution in [0.15, 0.2) is 41.8 Å². The second-order valence-electron chi connectivity index (χ2n) is 4.05. The smallest absolute Gasteiger partial charge is 0.0626 e. The molecule has 3 heteroatoms. The summed E-state index contributed by atoms with van der Waals surface area (Å²) < 4.78 is 0. The average molecular weight is 247 g/mol. The fourth-order valence-corrected chi connectivity index (χ4v) is 2.63. The van der Waals surface area contributed by atoms with Crippen molar-refractivity contribution in [1.82, 2.24) is 5.32 Å². The topological polar surface area (TPSA) is 32.3 Å². The van der Waals surface area contributed by atoms with E-state index in [9.17, 15) is 5.11 Å². The zero-order valence-corrected chi connectivity index (χ0v) is 10.7. The van der Waals surface area contributed by atoms with Crippen molar-refractivity contribution in [2.45, 2.75) is 19.5 Å². The number of hydrogen-bond donors (Lipinski definition) is 2. The predicted molar refractivity (Wildman–Crippen MR) is 72.2 cm³/mol. The average Bonchev–Trinajstić information content (AvgIpc) is 2.77. The van der Waals surface area contributed by atoms with Gasteiger partial charge in [-0.3, -0.25) is 0 Å². The summed E-state index contributed by atoms with van der Waals surface area (Å²) in [5.74, 6) is 0. The van der Waals surface area contributed by atoms with Gasteiger partial charge in [-0.25, -0.2) is 0 Å². The van der Waals surface area contributed by atoms with Crippen molar-refractivity contribution in [3.8, 4) is 0 Å². The van der Waals surface area contributed by atoms with E-state index in [1.807, 2.05) is 30.3 Å². The monoisotopic (exact) mass is 247 g/mol. The molecule has 1 aromatic carbocycles. The lowest BCUT2D eigenvalue weighted by Crippen LogP contribution is -2.23. The van der Waals surface area contributed by atoms with E-state index in [-0.39, 0.29) is 12.6 Å². The molecule has 0 amide bonds. The van der Waals surface area contributed by atoms with Gasteiger partial charge in [0.25, 0.3) is 0 Å². The zero-order valence-electron chi connectivity index (χ0n) is 9.89. The highest BCUT2D eigenvalue weighted by molar-refractivity contribution is 7.10. The molecule has 0 aliphatic heterocycles. The van der Waals surface area contributed by atoms with Gasteiger partial charge in [-0.05, 0) is 29.5 Å². The van der Waals surface area contributed by atoms with Crippen LogP contribution in [0.5, 0.6) is 0 Å². The minimum atomic E-state index is 0.0118. The van der Waals surface area contributed by atoms with E-state index < -0.39 is 0 Å². The maximum absolute atomic E-state index is 9.42. The van der Waals surface area contributed by atoms with Crippen LogP contribution in [0.25, 0.3) is 0 Å². The third-order valence-electron chi connectivity index (χ3n) is 2.86. The van der Waals surface area contributed by atoms with Gasteiger partial charge in [0.15, 0.2) is 0 Å². The Morgan fingerprint density at radius 3 is 2.59 bits per heavy atom. The molecular formula is C14H17NOS. The summed E-state index contributed by atoms with van der Waals surface area (Å²) in [6.07, 6.45) is 0.